The number of esters is 1. The Morgan fingerprint density at radius 3 is 2.53 bits per heavy atom. The van der Waals surface area contributed by atoms with E-state index in [2.05, 4.69) is 27.9 Å². The molecule has 13 heteroatoms. The van der Waals surface area contributed by atoms with Crippen molar-refractivity contribution in [2.75, 3.05) is 25.1 Å². The van der Waals surface area contributed by atoms with Gasteiger partial charge < -0.3 is 19.5 Å². The molecule has 1 heterocycles. The number of hydrogen-bond donors (Lipinski definition) is 1. The predicted octanol–water partition coefficient (Wildman–Crippen LogP) is 8.21. The van der Waals surface area contributed by atoms with E-state index in [9.17, 15) is 19.2 Å². The number of imide groups is 1. The van der Waals surface area contributed by atoms with Crippen LogP contribution < -0.4 is 14.8 Å². The average molecular weight is 783 g/mol. The molecule has 0 atom stereocenters. The second-order valence-electron chi connectivity index (χ2n) is 9.64. The van der Waals surface area contributed by atoms with Crippen molar-refractivity contribution in [3.63, 3.8) is 0 Å². The third-order valence-corrected chi connectivity index (χ3v) is 8.74. The number of unbranched alkanes of at least 4 members (excludes halogenated alkanes) is 1. The lowest BCUT2D eigenvalue weighted by molar-refractivity contribution is -0.127. The maximum absolute atomic E-state index is 13.2. The highest BCUT2D eigenvalue weighted by Crippen LogP contribution is 2.38. The predicted molar refractivity (Wildman–Crippen MR) is 184 cm³/mol. The molecule has 3 aromatic carbocycles. The van der Waals surface area contributed by atoms with Crippen molar-refractivity contribution >= 4 is 92.3 Å². The van der Waals surface area contributed by atoms with E-state index in [4.69, 9.17) is 37.4 Å². The summed E-state index contributed by atoms with van der Waals surface area (Å²) in [7, 11) is 0. The largest absolute Gasteiger partial charge is 0.490 e. The SMILES string of the molecule is CCCCOC(=O)c1cc(NC(=O)CN2C(=O)S/C(=C/c3cc(I)c(OCc4ccccc4Cl)c(OCC)c3)C2=O)ccc1Cl. The van der Waals surface area contributed by atoms with Crippen LogP contribution in [0.15, 0.2) is 59.5 Å². The van der Waals surface area contributed by atoms with Gasteiger partial charge in [-0.3, -0.25) is 19.3 Å². The topological polar surface area (TPSA) is 111 Å². The molecule has 1 N–H and O–H groups in total. The molecule has 0 bridgehead atoms. The summed E-state index contributed by atoms with van der Waals surface area (Å²) < 4.78 is 17.8. The fourth-order valence-electron chi connectivity index (χ4n) is 4.12. The van der Waals surface area contributed by atoms with Gasteiger partial charge in [-0.1, -0.05) is 54.7 Å². The minimum Gasteiger partial charge on any atom is -0.490 e. The first-order chi connectivity index (χ1) is 21.6. The Morgan fingerprint density at radius 1 is 1.02 bits per heavy atom. The molecule has 9 nitrogen and oxygen atoms in total. The van der Waals surface area contributed by atoms with E-state index in [1.807, 2.05) is 32.0 Å². The summed E-state index contributed by atoms with van der Waals surface area (Å²) in [6.45, 7) is 4.16. The van der Waals surface area contributed by atoms with Crippen LogP contribution in [0.4, 0.5) is 10.5 Å². The van der Waals surface area contributed by atoms with Crippen molar-refractivity contribution in [1.82, 2.24) is 4.90 Å². The van der Waals surface area contributed by atoms with E-state index in [1.165, 1.54) is 18.2 Å². The molecule has 0 aromatic heterocycles. The summed E-state index contributed by atoms with van der Waals surface area (Å²) in [5.74, 6) is -0.845. The standard InChI is InChI=1S/C32H29Cl2IN2O7S/c1-3-5-12-43-31(40)22-16-21(10-11-24(22)34)36-28(38)17-37-30(39)27(45-32(37)41)15-19-13-25(35)29(26(14-19)42-4-2)44-18-20-8-6-7-9-23(20)33/h6-11,13-16H,3-5,12,17-18H2,1-2H3,(H,36,38)/b27-15+. The summed E-state index contributed by atoms with van der Waals surface area (Å²) in [5, 5.41) is 2.78. The smallest absolute Gasteiger partial charge is 0.339 e. The first-order valence-electron chi connectivity index (χ1n) is 14.0. The molecule has 0 radical (unpaired) electrons. The van der Waals surface area contributed by atoms with Gasteiger partial charge in [0.25, 0.3) is 11.1 Å². The number of ether oxygens (including phenoxy) is 3. The summed E-state index contributed by atoms with van der Waals surface area (Å²) in [6, 6.07) is 15.3. The Bertz CT molecular complexity index is 1650. The number of benzene rings is 3. The van der Waals surface area contributed by atoms with Gasteiger partial charge in [0.15, 0.2) is 11.5 Å². The normalized spacial score (nSPS) is 13.7. The van der Waals surface area contributed by atoms with E-state index in [0.717, 1.165) is 32.2 Å². The molecule has 1 aliphatic heterocycles. The summed E-state index contributed by atoms with van der Waals surface area (Å²) in [6.07, 6.45) is 3.14. The van der Waals surface area contributed by atoms with Gasteiger partial charge in [-0.25, -0.2) is 4.79 Å². The molecule has 3 amide bonds. The number of nitrogens with one attached hydrogen (secondary N) is 1. The van der Waals surface area contributed by atoms with Crippen molar-refractivity contribution in [3.05, 3.63) is 89.8 Å². The fourth-order valence-corrected chi connectivity index (χ4v) is 6.12. The molecule has 1 fully saturated rings. The number of halogens is 3. The second-order valence-corrected chi connectivity index (χ2v) is 12.6. The number of nitrogens with zero attached hydrogens (tertiary/aromatic N) is 1. The van der Waals surface area contributed by atoms with E-state index >= 15 is 0 Å². The van der Waals surface area contributed by atoms with E-state index in [0.29, 0.717) is 35.1 Å². The van der Waals surface area contributed by atoms with Crippen molar-refractivity contribution in [3.8, 4) is 11.5 Å². The molecule has 0 saturated carbocycles. The summed E-state index contributed by atoms with van der Waals surface area (Å²) >= 11 is 15.3. The molecule has 4 rings (SSSR count). The molecule has 0 aliphatic carbocycles. The average Bonchev–Trinajstić information content (AvgIpc) is 3.25. The minimum absolute atomic E-state index is 0.0982. The zero-order chi connectivity index (χ0) is 32.5. The van der Waals surface area contributed by atoms with Crippen LogP contribution in [0.25, 0.3) is 6.08 Å². The van der Waals surface area contributed by atoms with Crippen LogP contribution in [0, 0.1) is 3.57 Å². The Kier molecular flexibility index (Phi) is 12.6. The molecular weight excluding hydrogens is 754 g/mol. The number of anilines is 1. The van der Waals surface area contributed by atoms with Crippen molar-refractivity contribution in [2.24, 2.45) is 0 Å². The molecule has 0 unspecified atom stereocenters. The van der Waals surface area contributed by atoms with Crippen LogP contribution in [-0.2, 0) is 20.9 Å². The Morgan fingerprint density at radius 2 is 1.80 bits per heavy atom. The van der Waals surface area contributed by atoms with Crippen LogP contribution in [0.5, 0.6) is 11.5 Å². The maximum Gasteiger partial charge on any atom is 0.339 e. The zero-order valence-electron chi connectivity index (χ0n) is 24.4. The Hall–Kier alpha value is -3.26. The van der Waals surface area contributed by atoms with Crippen LogP contribution >= 0.6 is 57.6 Å². The van der Waals surface area contributed by atoms with Gasteiger partial charge in [0, 0.05) is 16.3 Å². The quantitative estimate of drug-likeness (QED) is 0.0800. The van der Waals surface area contributed by atoms with Gasteiger partial charge in [0.1, 0.15) is 13.2 Å². The molecule has 1 saturated heterocycles. The lowest BCUT2D eigenvalue weighted by atomic mass is 10.1. The maximum atomic E-state index is 13.2. The highest BCUT2D eigenvalue weighted by Gasteiger charge is 2.36. The monoisotopic (exact) mass is 782 g/mol. The van der Waals surface area contributed by atoms with Crippen molar-refractivity contribution < 1.29 is 33.4 Å². The Balaban J connectivity index is 1.45. The van der Waals surface area contributed by atoms with Gasteiger partial charge in [0.05, 0.1) is 32.3 Å². The third-order valence-electron chi connectivity index (χ3n) is 6.34. The van der Waals surface area contributed by atoms with Crippen LogP contribution in [0.2, 0.25) is 10.0 Å². The van der Waals surface area contributed by atoms with Crippen LogP contribution in [0.1, 0.15) is 48.2 Å². The van der Waals surface area contributed by atoms with Gasteiger partial charge in [-0.15, -0.1) is 0 Å². The fraction of sp³-hybridized carbons (Fsp3) is 0.250. The number of rotatable bonds is 13. The molecule has 45 heavy (non-hydrogen) atoms. The first-order valence-corrected chi connectivity index (χ1v) is 16.6. The van der Waals surface area contributed by atoms with Crippen molar-refractivity contribution in [2.45, 2.75) is 33.3 Å². The molecule has 0 spiro atoms. The molecule has 3 aromatic rings. The molecule has 236 valence electrons. The van der Waals surface area contributed by atoms with Crippen LogP contribution in [0.3, 0.4) is 0 Å². The first kappa shape index (κ1) is 34.6. The molecular formula is C32H29Cl2IN2O7S. The minimum atomic E-state index is -0.626. The third kappa shape index (κ3) is 9.15. The molecule has 1 aliphatic rings. The summed E-state index contributed by atoms with van der Waals surface area (Å²) in [4.78, 5) is 52.1. The highest BCUT2D eigenvalue weighted by atomic mass is 127. The van der Waals surface area contributed by atoms with E-state index < -0.39 is 29.6 Å². The van der Waals surface area contributed by atoms with Crippen molar-refractivity contribution in [1.29, 1.82) is 0 Å². The lowest BCUT2D eigenvalue weighted by Crippen LogP contribution is -2.36. The van der Waals surface area contributed by atoms with Gasteiger partial charge in [-0.05, 0) is 95.7 Å². The summed E-state index contributed by atoms with van der Waals surface area (Å²) in [5.41, 5.74) is 1.80. The Labute approximate surface area is 288 Å². The number of amides is 3. The zero-order valence-corrected chi connectivity index (χ0v) is 28.8. The highest BCUT2D eigenvalue weighted by molar-refractivity contribution is 14.1. The van der Waals surface area contributed by atoms with Gasteiger partial charge >= 0.3 is 5.97 Å². The van der Waals surface area contributed by atoms with Gasteiger partial charge in [0.2, 0.25) is 5.91 Å². The number of thioether (sulfide) groups is 1. The van der Waals surface area contributed by atoms with Gasteiger partial charge in [-0.2, -0.15) is 0 Å². The van der Waals surface area contributed by atoms with Crippen LogP contribution in [-0.4, -0.2) is 47.7 Å². The number of hydrogen-bond acceptors (Lipinski definition) is 8. The van der Waals surface area contributed by atoms with E-state index in [1.54, 1.807) is 24.3 Å². The number of carbonyl (C=O) groups is 4. The number of carbonyl (C=O) groups excluding carboxylic acids is 4. The second kappa shape index (κ2) is 16.3. The van der Waals surface area contributed by atoms with E-state index in [-0.39, 0.29) is 34.4 Å². The lowest BCUT2D eigenvalue weighted by Gasteiger charge is -2.15.